The Labute approximate surface area is 155 Å². The third-order valence-electron chi connectivity index (χ3n) is 5.31. The van der Waals surface area contributed by atoms with Gasteiger partial charge in [0.15, 0.2) is 5.54 Å². The topological polar surface area (TPSA) is 75.9 Å². The lowest BCUT2D eigenvalue weighted by Crippen LogP contribution is -2.47. The van der Waals surface area contributed by atoms with E-state index >= 15 is 0 Å². The van der Waals surface area contributed by atoms with Crippen molar-refractivity contribution in [1.29, 1.82) is 0 Å². The molecule has 3 amide bonds. The Kier molecular flexibility index (Phi) is 3.28. The average Bonchev–Trinajstić information content (AvgIpc) is 3.18. The van der Waals surface area contributed by atoms with Gasteiger partial charge in [-0.05, 0) is 24.6 Å². The van der Waals surface area contributed by atoms with Crippen molar-refractivity contribution in [3.8, 4) is 5.75 Å². The molecule has 1 fully saturated rings. The number of imidazole rings is 1. The van der Waals surface area contributed by atoms with Crippen molar-refractivity contribution in [3.63, 3.8) is 0 Å². The molecule has 2 aliphatic heterocycles. The van der Waals surface area contributed by atoms with Gasteiger partial charge in [0.05, 0.1) is 18.8 Å². The van der Waals surface area contributed by atoms with E-state index in [-0.39, 0.29) is 12.5 Å². The van der Waals surface area contributed by atoms with Gasteiger partial charge in [0.2, 0.25) is 0 Å². The summed E-state index contributed by atoms with van der Waals surface area (Å²) in [7, 11) is 0. The number of imide groups is 1. The van der Waals surface area contributed by atoms with Crippen LogP contribution in [0.15, 0.2) is 48.8 Å². The summed E-state index contributed by atoms with van der Waals surface area (Å²) in [4.78, 5) is 31.8. The molecule has 0 radical (unpaired) electrons. The minimum atomic E-state index is -1.05. The van der Waals surface area contributed by atoms with E-state index < -0.39 is 11.6 Å². The van der Waals surface area contributed by atoms with Crippen LogP contribution in [-0.2, 0) is 16.9 Å². The maximum Gasteiger partial charge on any atom is 0.325 e. The molecule has 3 aromatic rings. The van der Waals surface area contributed by atoms with Gasteiger partial charge in [0.25, 0.3) is 5.91 Å². The molecule has 1 saturated heterocycles. The normalized spacial score (nSPS) is 21.4. The smallest absolute Gasteiger partial charge is 0.325 e. The van der Waals surface area contributed by atoms with Crippen molar-refractivity contribution in [2.75, 3.05) is 6.61 Å². The molecule has 7 nitrogen and oxygen atoms in total. The molecule has 0 bridgehead atoms. The first kappa shape index (κ1) is 15.9. The fourth-order valence-corrected chi connectivity index (χ4v) is 3.96. The number of nitrogens with one attached hydrogen (secondary N) is 1. The number of hydrogen-bond donors (Lipinski definition) is 1. The van der Waals surface area contributed by atoms with Gasteiger partial charge < -0.3 is 14.5 Å². The molecule has 2 aliphatic rings. The maximum absolute atomic E-state index is 13.3. The molecule has 7 heteroatoms. The monoisotopic (exact) mass is 362 g/mol. The molecule has 0 saturated carbocycles. The molecule has 0 aliphatic carbocycles. The van der Waals surface area contributed by atoms with Crippen molar-refractivity contribution in [1.82, 2.24) is 19.6 Å². The second-order valence-electron chi connectivity index (χ2n) is 6.98. The summed E-state index contributed by atoms with van der Waals surface area (Å²) in [5.74, 6) is 0.389. The van der Waals surface area contributed by atoms with E-state index in [1.807, 2.05) is 60.1 Å². The van der Waals surface area contributed by atoms with Gasteiger partial charge in [-0.15, -0.1) is 0 Å². The SMILES string of the molecule is Cc1cccn2cc(CN3C(=O)N[C@]4(CCOc5ccccc54)C3=O)nc12. The summed E-state index contributed by atoms with van der Waals surface area (Å²) in [6, 6.07) is 10.9. The van der Waals surface area contributed by atoms with Crippen molar-refractivity contribution in [2.24, 2.45) is 0 Å². The molecule has 2 aromatic heterocycles. The lowest BCUT2D eigenvalue weighted by atomic mass is 9.84. The number of ether oxygens (including phenoxy) is 1. The van der Waals surface area contributed by atoms with Crippen LogP contribution in [0.1, 0.15) is 23.2 Å². The van der Waals surface area contributed by atoms with Crippen LogP contribution in [0.3, 0.4) is 0 Å². The van der Waals surface area contributed by atoms with Gasteiger partial charge in [0.1, 0.15) is 11.4 Å². The molecular weight excluding hydrogens is 344 g/mol. The van der Waals surface area contributed by atoms with Crippen molar-refractivity contribution < 1.29 is 14.3 Å². The maximum atomic E-state index is 13.3. The molecule has 5 rings (SSSR count). The van der Waals surface area contributed by atoms with Crippen LogP contribution in [-0.4, -0.2) is 32.8 Å². The first-order valence-corrected chi connectivity index (χ1v) is 8.88. The number of hydrogen-bond acceptors (Lipinski definition) is 4. The summed E-state index contributed by atoms with van der Waals surface area (Å²) in [5, 5.41) is 2.91. The fourth-order valence-electron chi connectivity index (χ4n) is 3.96. The minimum absolute atomic E-state index is 0.135. The van der Waals surface area contributed by atoms with Crippen molar-refractivity contribution in [3.05, 3.63) is 65.6 Å². The van der Waals surface area contributed by atoms with Gasteiger partial charge in [-0.2, -0.15) is 0 Å². The number of para-hydroxylation sites is 1. The number of benzene rings is 1. The second kappa shape index (κ2) is 5.57. The van der Waals surface area contributed by atoms with Crippen LogP contribution in [0.25, 0.3) is 5.65 Å². The first-order chi connectivity index (χ1) is 13.1. The third-order valence-corrected chi connectivity index (χ3v) is 5.31. The average molecular weight is 362 g/mol. The molecule has 4 heterocycles. The van der Waals surface area contributed by atoms with Gasteiger partial charge in [-0.3, -0.25) is 9.69 Å². The molecule has 1 spiro atoms. The predicted octanol–water partition coefficient (Wildman–Crippen LogP) is 2.37. The molecular formula is C20H18N4O3. The van der Waals surface area contributed by atoms with Gasteiger partial charge in [-0.1, -0.05) is 24.3 Å². The Morgan fingerprint density at radius 3 is 2.93 bits per heavy atom. The molecule has 1 atom stereocenters. The van der Waals surface area contributed by atoms with Gasteiger partial charge in [-0.25, -0.2) is 9.78 Å². The van der Waals surface area contributed by atoms with Crippen molar-refractivity contribution in [2.45, 2.75) is 25.4 Å². The minimum Gasteiger partial charge on any atom is -0.493 e. The Morgan fingerprint density at radius 2 is 2.07 bits per heavy atom. The van der Waals surface area contributed by atoms with E-state index in [0.29, 0.717) is 30.0 Å². The van der Waals surface area contributed by atoms with Crippen LogP contribution in [0, 0.1) is 6.92 Å². The number of pyridine rings is 1. The van der Waals surface area contributed by atoms with Gasteiger partial charge in [0, 0.05) is 24.4 Å². The predicted molar refractivity (Wildman–Crippen MR) is 97.2 cm³/mol. The van der Waals surface area contributed by atoms with Crippen LogP contribution >= 0.6 is 0 Å². The van der Waals surface area contributed by atoms with E-state index in [9.17, 15) is 9.59 Å². The third kappa shape index (κ3) is 2.24. The lowest BCUT2D eigenvalue weighted by Gasteiger charge is -2.33. The number of amides is 3. The van der Waals surface area contributed by atoms with Crippen LogP contribution in [0.5, 0.6) is 5.75 Å². The highest BCUT2D eigenvalue weighted by atomic mass is 16.5. The number of aryl methyl sites for hydroxylation is 1. The lowest BCUT2D eigenvalue weighted by molar-refractivity contribution is -0.133. The zero-order valence-electron chi connectivity index (χ0n) is 14.8. The van der Waals surface area contributed by atoms with Crippen LogP contribution in [0.2, 0.25) is 0 Å². The molecule has 1 N–H and O–H groups in total. The van der Waals surface area contributed by atoms with E-state index in [2.05, 4.69) is 10.3 Å². The standard InChI is InChI=1S/C20H18N4O3/c1-13-5-4-9-23-11-14(21-17(13)23)12-24-18(25)20(22-19(24)26)8-10-27-16-7-3-2-6-15(16)20/h2-7,9,11H,8,10,12H2,1H3,(H,22,26)/t20-/m0/s1. The number of rotatable bonds is 2. The molecule has 1 aromatic carbocycles. The Hall–Kier alpha value is -3.35. The summed E-state index contributed by atoms with van der Waals surface area (Å²) >= 11 is 0. The van der Waals surface area contributed by atoms with Crippen LogP contribution < -0.4 is 10.1 Å². The molecule has 136 valence electrons. The Balaban J connectivity index is 1.51. The Morgan fingerprint density at radius 1 is 1.22 bits per heavy atom. The summed E-state index contributed by atoms with van der Waals surface area (Å²) in [5.41, 5.74) is 2.19. The molecule has 27 heavy (non-hydrogen) atoms. The van der Waals surface area contributed by atoms with E-state index in [4.69, 9.17) is 4.74 Å². The zero-order valence-corrected chi connectivity index (χ0v) is 14.8. The fraction of sp³-hybridized carbons (Fsp3) is 0.250. The largest absolute Gasteiger partial charge is 0.493 e. The number of fused-ring (bicyclic) bond motifs is 3. The summed E-state index contributed by atoms with van der Waals surface area (Å²) in [6.45, 7) is 2.49. The number of aromatic nitrogens is 2. The first-order valence-electron chi connectivity index (χ1n) is 8.88. The van der Waals surface area contributed by atoms with Crippen molar-refractivity contribution >= 4 is 17.6 Å². The quantitative estimate of drug-likeness (QED) is 0.710. The zero-order chi connectivity index (χ0) is 18.6. The molecule has 0 unspecified atom stereocenters. The highest BCUT2D eigenvalue weighted by Crippen LogP contribution is 2.41. The van der Waals surface area contributed by atoms with Crippen LogP contribution in [0.4, 0.5) is 4.79 Å². The number of urea groups is 1. The summed E-state index contributed by atoms with van der Waals surface area (Å²) < 4.78 is 7.57. The van der Waals surface area contributed by atoms with E-state index in [0.717, 1.165) is 11.2 Å². The van der Waals surface area contributed by atoms with E-state index in [1.54, 1.807) is 0 Å². The number of carbonyl (C=O) groups is 2. The summed E-state index contributed by atoms with van der Waals surface area (Å²) in [6.07, 6.45) is 4.17. The highest BCUT2D eigenvalue weighted by Gasteiger charge is 2.54. The Bertz CT molecular complexity index is 1090. The number of nitrogens with zero attached hydrogens (tertiary/aromatic N) is 3. The second-order valence-corrected chi connectivity index (χ2v) is 6.98. The number of carbonyl (C=O) groups excluding carboxylic acids is 2. The highest BCUT2D eigenvalue weighted by molar-refractivity contribution is 6.07. The van der Waals surface area contributed by atoms with Gasteiger partial charge >= 0.3 is 6.03 Å². The van der Waals surface area contributed by atoms with E-state index in [1.165, 1.54) is 4.90 Å².